The zero-order valence-corrected chi connectivity index (χ0v) is 10.5. The Morgan fingerprint density at radius 3 is 3.00 bits per heavy atom. The molecule has 1 N–H and O–H groups in total. The van der Waals surface area contributed by atoms with Crippen LogP contribution >= 0.6 is 27.7 Å². The number of hydrogen-bond donors (Lipinski definition) is 1. The minimum Gasteiger partial charge on any atom is -0.368 e. The SMILES string of the molecule is CSCCNc1ncc([N+](=O)[O-])cc1Br. The molecule has 0 saturated carbocycles. The van der Waals surface area contributed by atoms with E-state index in [0.29, 0.717) is 10.3 Å². The molecule has 0 bridgehead atoms. The summed E-state index contributed by atoms with van der Waals surface area (Å²) in [5.41, 5.74) is -0.0164. The number of rotatable bonds is 5. The minimum atomic E-state index is -0.469. The van der Waals surface area contributed by atoms with Crippen molar-refractivity contribution in [3.05, 3.63) is 26.9 Å². The molecule has 0 spiro atoms. The Morgan fingerprint density at radius 1 is 1.73 bits per heavy atom. The highest BCUT2D eigenvalue weighted by Crippen LogP contribution is 2.24. The van der Waals surface area contributed by atoms with Crippen LogP contribution in [0.15, 0.2) is 16.7 Å². The number of nitrogens with one attached hydrogen (secondary N) is 1. The molecule has 0 aromatic carbocycles. The number of hydrogen-bond acceptors (Lipinski definition) is 5. The van der Waals surface area contributed by atoms with Gasteiger partial charge in [0.1, 0.15) is 12.0 Å². The maximum atomic E-state index is 10.4. The van der Waals surface area contributed by atoms with Gasteiger partial charge in [0.05, 0.1) is 9.40 Å². The highest BCUT2D eigenvalue weighted by Gasteiger charge is 2.09. The molecule has 0 atom stereocenters. The Kier molecular flexibility index (Phi) is 4.83. The number of aromatic nitrogens is 1. The van der Waals surface area contributed by atoms with Crippen LogP contribution in [-0.4, -0.2) is 28.5 Å². The third-order valence-corrected chi connectivity index (χ3v) is 2.85. The first-order chi connectivity index (χ1) is 7.15. The summed E-state index contributed by atoms with van der Waals surface area (Å²) in [5.74, 6) is 1.60. The monoisotopic (exact) mass is 291 g/mol. The van der Waals surface area contributed by atoms with Gasteiger partial charge in [0.2, 0.25) is 0 Å². The summed E-state index contributed by atoms with van der Waals surface area (Å²) in [5, 5.41) is 13.5. The molecule has 82 valence electrons. The number of anilines is 1. The van der Waals surface area contributed by atoms with Crippen molar-refractivity contribution in [2.45, 2.75) is 0 Å². The van der Waals surface area contributed by atoms with E-state index in [4.69, 9.17) is 0 Å². The maximum absolute atomic E-state index is 10.4. The topological polar surface area (TPSA) is 68.1 Å². The fourth-order valence-corrected chi connectivity index (χ4v) is 1.71. The number of nitro groups is 1. The van der Waals surface area contributed by atoms with Crippen LogP contribution in [0.2, 0.25) is 0 Å². The van der Waals surface area contributed by atoms with Crippen LogP contribution in [-0.2, 0) is 0 Å². The molecule has 0 aliphatic carbocycles. The molecule has 1 aromatic heterocycles. The van der Waals surface area contributed by atoms with Gasteiger partial charge >= 0.3 is 0 Å². The average Bonchev–Trinajstić information content (AvgIpc) is 2.20. The quantitative estimate of drug-likeness (QED) is 0.513. The van der Waals surface area contributed by atoms with E-state index in [1.165, 1.54) is 12.3 Å². The molecular formula is C8H10BrN3O2S. The van der Waals surface area contributed by atoms with Crippen LogP contribution in [0.25, 0.3) is 0 Å². The third kappa shape index (κ3) is 3.67. The van der Waals surface area contributed by atoms with Crippen molar-refractivity contribution in [1.29, 1.82) is 0 Å². The summed E-state index contributed by atoms with van der Waals surface area (Å²) < 4.78 is 0.609. The van der Waals surface area contributed by atoms with Crippen LogP contribution in [0.5, 0.6) is 0 Å². The fourth-order valence-electron chi connectivity index (χ4n) is 0.929. The van der Waals surface area contributed by atoms with Crippen molar-refractivity contribution in [1.82, 2.24) is 4.98 Å². The molecule has 0 unspecified atom stereocenters. The summed E-state index contributed by atoms with van der Waals surface area (Å²) in [4.78, 5) is 13.9. The minimum absolute atomic E-state index is 0.0164. The molecule has 0 aliphatic rings. The van der Waals surface area contributed by atoms with Gasteiger partial charge < -0.3 is 5.32 Å². The lowest BCUT2D eigenvalue weighted by molar-refractivity contribution is -0.385. The molecule has 1 rings (SSSR count). The molecule has 0 fully saturated rings. The van der Waals surface area contributed by atoms with Gasteiger partial charge in [0.15, 0.2) is 0 Å². The standard InChI is InChI=1S/C8H10BrN3O2S/c1-15-3-2-10-8-7(9)4-6(5-11-8)12(13)14/h4-5H,2-3H2,1H3,(H,10,11). The number of pyridine rings is 1. The first-order valence-electron chi connectivity index (χ1n) is 4.18. The van der Waals surface area contributed by atoms with Crippen LogP contribution < -0.4 is 5.32 Å². The van der Waals surface area contributed by atoms with Gasteiger partial charge in [0.25, 0.3) is 5.69 Å². The zero-order valence-electron chi connectivity index (χ0n) is 8.07. The number of thioether (sulfide) groups is 1. The van der Waals surface area contributed by atoms with Gasteiger partial charge in [-0.15, -0.1) is 0 Å². The maximum Gasteiger partial charge on any atom is 0.288 e. The van der Waals surface area contributed by atoms with Crippen molar-refractivity contribution in [3.8, 4) is 0 Å². The molecule has 0 amide bonds. The van der Waals surface area contributed by atoms with Crippen molar-refractivity contribution >= 4 is 39.2 Å². The third-order valence-electron chi connectivity index (χ3n) is 1.64. The Morgan fingerprint density at radius 2 is 2.47 bits per heavy atom. The Hall–Kier alpha value is -0.820. The van der Waals surface area contributed by atoms with Crippen molar-refractivity contribution in [2.24, 2.45) is 0 Å². The predicted molar refractivity (Wildman–Crippen MR) is 65.5 cm³/mol. The molecule has 5 nitrogen and oxygen atoms in total. The van der Waals surface area contributed by atoms with Gasteiger partial charge in [-0.05, 0) is 22.2 Å². The highest BCUT2D eigenvalue weighted by atomic mass is 79.9. The van der Waals surface area contributed by atoms with E-state index in [2.05, 4.69) is 26.2 Å². The van der Waals surface area contributed by atoms with E-state index in [-0.39, 0.29) is 5.69 Å². The summed E-state index contributed by atoms with van der Waals surface area (Å²) >= 11 is 4.95. The Balaban J connectivity index is 2.70. The van der Waals surface area contributed by atoms with Gasteiger partial charge in [0, 0.05) is 18.4 Å². The smallest absolute Gasteiger partial charge is 0.288 e. The van der Waals surface area contributed by atoms with Crippen LogP contribution in [0.4, 0.5) is 11.5 Å². The Labute approximate surface area is 99.9 Å². The number of halogens is 1. The van der Waals surface area contributed by atoms with E-state index in [1.54, 1.807) is 11.8 Å². The van der Waals surface area contributed by atoms with Crippen molar-refractivity contribution in [2.75, 3.05) is 23.9 Å². The summed E-state index contributed by atoms with van der Waals surface area (Å²) in [6.45, 7) is 0.782. The second kappa shape index (κ2) is 5.92. The van der Waals surface area contributed by atoms with Gasteiger partial charge in [-0.3, -0.25) is 10.1 Å². The average molecular weight is 292 g/mol. The predicted octanol–water partition coefficient (Wildman–Crippen LogP) is 2.53. The summed E-state index contributed by atoms with van der Waals surface area (Å²) in [7, 11) is 0. The van der Waals surface area contributed by atoms with Gasteiger partial charge in [-0.2, -0.15) is 11.8 Å². The van der Waals surface area contributed by atoms with E-state index >= 15 is 0 Å². The lowest BCUT2D eigenvalue weighted by Gasteiger charge is -2.05. The summed E-state index contributed by atoms with van der Waals surface area (Å²) in [6.07, 6.45) is 3.26. The molecule has 1 aromatic rings. The Bertz CT molecular complexity index is 362. The zero-order chi connectivity index (χ0) is 11.3. The lowest BCUT2D eigenvalue weighted by Crippen LogP contribution is -2.06. The van der Waals surface area contributed by atoms with E-state index in [0.717, 1.165) is 12.3 Å². The molecule has 0 saturated heterocycles. The molecule has 7 heteroatoms. The fraction of sp³-hybridized carbons (Fsp3) is 0.375. The highest BCUT2D eigenvalue weighted by molar-refractivity contribution is 9.10. The molecule has 0 radical (unpaired) electrons. The largest absolute Gasteiger partial charge is 0.368 e. The van der Waals surface area contributed by atoms with E-state index < -0.39 is 4.92 Å². The van der Waals surface area contributed by atoms with Crippen LogP contribution in [0, 0.1) is 10.1 Å². The number of nitrogens with zero attached hydrogens (tertiary/aromatic N) is 2. The molecular weight excluding hydrogens is 282 g/mol. The van der Waals surface area contributed by atoms with E-state index in [1.807, 2.05) is 6.26 Å². The molecule has 15 heavy (non-hydrogen) atoms. The summed E-state index contributed by atoms with van der Waals surface area (Å²) in [6, 6.07) is 1.44. The first kappa shape index (κ1) is 12.3. The first-order valence-corrected chi connectivity index (χ1v) is 6.36. The second-order valence-electron chi connectivity index (χ2n) is 2.70. The normalized spacial score (nSPS) is 10.0. The lowest BCUT2D eigenvalue weighted by atomic mass is 10.4. The van der Waals surface area contributed by atoms with Gasteiger partial charge in [-0.25, -0.2) is 4.98 Å². The second-order valence-corrected chi connectivity index (χ2v) is 4.54. The van der Waals surface area contributed by atoms with Crippen molar-refractivity contribution < 1.29 is 4.92 Å². The van der Waals surface area contributed by atoms with Crippen LogP contribution in [0.1, 0.15) is 0 Å². The van der Waals surface area contributed by atoms with E-state index in [9.17, 15) is 10.1 Å². The molecule has 0 aliphatic heterocycles. The van der Waals surface area contributed by atoms with Crippen molar-refractivity contribution in [3.63, 3.8) is 0 Å². The van der Waals surface area contributed by atoms with Crippen LogP contribution in [0.3, 0.4) is 0 Å². The van der Waals surface area contributed by atoms with Gasteiger partial charge in [-0.1, -0.05) is 0 Å². The molecule has 1 heterocycles.